The van der Waals surface area contributed by atoms with Crippen molar-refractivity contribution in [3.05, 3.63) is 11.6 Å². The molecule has 4 aliphatic carbocycles. The zero-order valence-corrected chi connectivity index (χ0v) is 16.1. The number of fused-ring (bicyclic) bond motifs is 5. The minimum atomic E-state index is 0.563. The van der Waals surface area contributed by atoms with E-state index in [1.54, 1.807) is 12.8 Å². The van der Waals surface area contributed by atoms with Gasteiger partial charge in [0.25, 0.3) is 0 Å². The number of hydrogen-bond acceptors (Lipinski definition) is 0. The number of hydrogen-bond donors (Lipinski definition) is 0. The molecule has 0 saturated heterocycles. The van der Waals surface area contributed by atoms with Gasteiger partial charge in [-0.25, -0.2) is 0 Å². The standard InChI is InChI=1S/C23H38/c1-5-17-9-10-19-18-11-16-23(6-2)14-8-7-13-22(23,4)20(18)12-15-21(17,19)3/h5,18-20H,6-16H2,1-4H3. The molecule has 4 rings (SSSR count). The fraction of sp³-hybridized carbons (Fsp3) is 0.913. The Morgan fingerprint density at radius 3 is 2.48 bits per heavy atom. The molecule has 0 N–H and O–H groups in total. The molecule has 4 aliphatic rings. The maximum Gasteiger partial charge on any atom is -0.00853 e. The van der Waals surface area contributed by atoms with Crippen molar-refractivity contribution in [2.45, 2.75) is 98.3 Å². The first-order chi connectivity index (χ1) is 11.0. The molecule has 0 heterocycles. The summed E-state index contributed by atoms with van der Waals surface area (Å²) in [4.78, 5) is 0. The first-order valence-electron chi connectivity index (χ1n) is 10.7. The Balaban J connectivity index is 1.69. The third-order valence-electron chi connectivity index (χ3n) is 9.90. The summed E-state index contributed by atoms with van der Waals surface area (Å²) in [6.45, 7) is 10.2. The summed E-state index contributed by atoms with van der Waals surface area (Å²) < 4.78 is 0. The second-order valence-corrected chi connectivity index (χ2v) is 9.98. The third kappa shape index (κ3) is 1.96. The summed E-state index contributed by atoms with van der Waals surface area (Å²) in [5.41, 5.74) is 3.72. The molecule has 6 unspecified atom stereocenters. The Labute approximate surface area is 144 Å². The normalized spacial score (nSPS) is 54.4. The Bertz CT molecular complexity index is 502. The average molecular weight is 315 g/mol. The SMILES string of the molecule is CC=C1CCC2C3CCC4(CC)CCCCC4(C)C3CCC12C. The van der Waals surface area contributed by atoms with Crippen molar-refractivity contribution in [1.29, 1.82) is 0 Å². The Kier molecular flexibility index (Phi) is 3.79. The van der Waals surface area contributed by atoms with Crippen molar-refractivity contribution in [1.82, 2.24) is 0 Å². The molecule has 0 aromatic heterocycles. The maximum absolute atomic E-state index is 2.74. The smallest absolute Gasteiger partial charge is 0.00853 e. The van der Waals surface area contributed by atoms with Gasteiger partial charge in [-0.2, -0.15) is 0 Å². The highest BCUT2D eigenvalue weighted by atomic mass is 14.7. The second kappa shape index (κ2) is 5.37. The van der Waals surface area contributed by atoms with Crippen LogP contribution in [0.5, 0.6) is 0 Å². The van der Waals surface area contributed by atoms with Crippen molar-refractivity contribution >= 4 is 0 Å². The summed E-state index contributed by atoms with van der Waals surface area (Å²) in [5, 5.41) is 0. The third-order valence-corrected chi connectivity index (χ3v) is 9.90. The van der Waals surface area contributed by atoms with Crippen LogP contribution in [0.2, 0.25) is 0 Å². The summed E-state index contributed by atoms with van der Waals surface area (Å²) in [6.07, 6.45) is 19.0. The molecule has 0 nitrogen and oxygen atoms in total. The van der Waals surface area contributed by atoms with Crippen LogP contribution in [0.25, 0.3) is 0 Å². The van der Waals surface area contributed by atoms with Crippen LogP contribution in [0.15, 0.2) is 11.6 Å². The number of rotatable bonds is 1. The van der Waals surface area contributed by atoms with E-state index in [2.05, 4.69) is 33.8 Å². The minimum Gasteiger partial charge on any atom is -0.0879 e. The van der Waals surface area contributed by atoms with Gasteiger partial charge in [0.1, 0.15) is 0 Å². The first-order valence-corrected chi connectivity index (χ1v) is 10.7. The molecule has 0 amide bonds. The highest BCUT2D eigenvalue weighted by molar-refractivity contribution is 5.24. The summed E-state index contributed by atoms with van der Waals surface area (Å²) in [6, 6.07) is 0. The summed E-state index contributed by atoms with van der Waals surface area (Å²) >= 11 is 0. The molecule has 0 aliphatic heterocycles. The number of allylic oxidation sites excluding steroid dienone is 2. The topological polar surface area (TPSA) is 0 Å². The van der Waals surface area contributed by atoms with Crippen LogP contribution < -0.4 is 0 Å². The van der Waals surface area contributed by atoms with Crippen LogP contribution in [0, 0.1) is 34.0 Å². The Morgan fingerprint density at radius 2 is 1.74 bits per heavy atom. The molecule has 0 bridgehead atoms. The van der Waals surface area contributed by atoms with Crippen LogP contribution >= 0.6 is 0 Å². The largest absolute Gasteiger partial charge is 0.0879 e. The van der Waals surface area contributed by atoms with E-state index in [9.17, 15) is 0 Å². The van der Waals surface area contributed by atoms with Crippen LogP contribution in [-0.2, 0) is 0 Å². The minimum absolute atomic E-state index is 0.563. The molecule has 4 saturated carbocycles. The van der Waals surface area contributed by atoms with E-state index in [0.717, 1.165) is 17.8 Å². The molecule has 0 heteroatoms. The molecule has 6 atom stereocenters. The molecule has 4 fully saturated rings. The molecule has 0 radical (unpaired) electrons. The van der Waals surface area contributed by atoms with Gasteiger partial charge in [-0.05, 0) is 98.7 Å². The van der Waals surface area contributed by atoms with Gasteiger partial charge < -0.3 is 0 Å². The van der Waals surface area contributed by atoms with Gasteiger partial charge in [0.05, 0.1) is 0 Å². The average Bonchev–Trinajstić information content (AvgIpc) is 2.90. The predicted molar refractivity (Wildman–Crippen MR) is 99.3 cm³/mol. The monoisotopic (exact) mass is 314 g/mol. The van der Waals surface area contributed by atoms with E-state index in [1.807, 2.05) is 5.57 Å². The molecular weight excluding hydrogens is 276 g/mol. The molecule has 0 aromatic rings. The van der Waals surface area contributed by atoms with Gasteiger partial charge in [0, 0.05) is 0 Å². The predicted octanol–water partition coefficient (Wildman–Crippen LogP) is 7.15. The van der Waals surface area contributed by atoms with E-state index >= 15 is 0 Å². The van der Waals surface area contributed by atoms with Crippen molar-refractivity contribution in [3.8, 4) is 0 Å². The first kappa shape index (κ1) is 16.2. The lowest BCUT2D eigenvalue weighted by Crippen LogP contribution is -2.57. The van der Waals surface area contributed by atoms with Gasteiger partial charge in [0.15, 0.2) is 0 Å². The highest BCUT2D eigenvalue weighted by Gasteiger charge is 2.62. The van der Waals surface area contributed by atoms with Gasteiger partial charge in [-0.15, -0.1) is 0 Å². The van der Waals surface area contributed by atoms with E-state index < -0.39 is 0 Å². The summed E-state index contributed by atoms with van der Waals surface area (Å²) in [7, 11) is 0. The lowest BCUT2D eigenvalue weighted by molar-refractivity contribution is -0.153. The van der Waals surface area contributed by atoms with E-state index in [1.165, 1.54) is 57.8 Å². The van der Waals surface area contributed by atoms with Crippen LogP contribution in [0.3, 0.4) is 0 Å². The highest BCUT2D eigenvalue weighted by Crippen LogP contribution is 2.71. The molecular formula is C23H38. The van der Waals surface area contributed by atoms with E-state index in [4.69, 9.17) is 0 Å². The van der Waals surface area contributed by atoms with Gasteiger partial charge in [-0.1, -0.05) is 45.3 Å². The maximum atomic E-state index is 2.74. The molecule has 130 valence electrons. The second-order valence-electron chi connectivity index (χ2n) is 9.98. The lowest BCUT2D eigenvalue weighted by atomic mass is 9.40. The summed E-state index contributed by atoms with van der Waals surface area (Å²) in [5.74, 6) is 3.07. The zero-order chi connectivity index (χ0) is 16.3. The van der Waals surface area contributed by atoms with Crippen molar-refractivity contribution in [2.24, 2.45) is 34.0 Å². The van der Waals surface area contributed by atoms with Gasteiger partial charge >= 0.3 is 0 Å². The Hall–Kier alpha value is -0.260. The van der Waals surface area contributed by atoms with Crippen LogP contribution in [0.4, 0.5) is 0 Å². The van der Waals surface area contributed by atoms with E-state index in [-0.39, 0.29) is 0 Å². The molecule has 0 spiro atoms. The van der Waals surface area contributed by atoms with Gasteiger partial charge in [0.2, 0.25) is 0 Å². The lowest BCUT2D eigenvalue weighted by Gasteiger charge is -2.65. The van der Waals surface area contributed by atoms with Crippen LogP contribution in [0.1, 0.15) is 98.3 Å². The van der Waals surface area contributed by atoms with Crippen LogP contribution in [-0.4, -0.2) is 0 Å². The van der Waals surface area contributed by atoms with E-state index in [0.29, 0.717) is 16.2 Å². The quantitative estimate of drug-likeness (QED) is 0.451. The molecule has 0 aromatic carbocycles. The van der Waals surface area contributed by atoms with Crippen molar-refractivity contribution in [3.63, 3.8) is 0 Å². The fourth-order valence-corrected chi connectivity index (χ4v) is 8.50. The molecule has 23 heavy (non-hydrogen) atoms. The zero-order valence-electron chi connectivity index (χ0n) is 16.1. The van der Waals surface area contributed by atoms with Crippen molar-refractivity contribution < 1.29 is 0 Å². The van der Waals surface area contributed by atoms with Crippen molar-refractivity contribution in [2.75, 3.05) is 0 Å². The fourth-order valence-electron chi connectivity index (χ4n) is 8.50. The Morgan fingerprint density at radius 1 is 0.957 bits per heavy atom. The van der Waals surface area contributed by atoms with Gasteiger partial charge in [-0.3, -0.25) is 0 Å².